The zero-order valence-electron chi connectivity index (χ0n) is 9.87. The lowest BCUT2D eigenvalue weighted by molar-refractivity contribution is -0.116. The Hall–Kier alpha value is -2.37. The van der Waals surface area contributed by atoms with E-state index in [0.717, 1.165) is 6.42 Å². The number of aromatic nitrogens is 2. The van der Waals surface area contributed by atoms with Gasteiger partial charge in [-0.3, -0.25) is 14.6 Å². The van der Waals surface area contributed by atoms with E-state index in [-0.39, 0.29) is 11.3 Å². The Morgan fingerprint density at radius 3 is 2.78 bits per heavy atom. The van der Waals surface area contributed by atoms with E-state index in [1.54, 1.807) is 18.2 Å². The van der Waals surface area contributed by atoms with E-state index in [4.69, 9.17) is 0 Å². The fraction of sp³-hybridized carbons (Fsp3) is 0.250. The Morgan fingerprint density at radius 2 is 2.06 bits per heavy atom. The zero-order chi connectivity index (χ0) is 13.1. The number of nitrogens with one attached hydrogen (secondary N) is 3. The van der Waals surface area contributed by atoms with E-state index in [1.165, 1.54) is 0 Å². The largest absolute Gasteiger partial charge is 0.326 e. The molecule has 18 heavy (non-hydrogen) atoms. The van der Waals surface area contributed by atoms with Crippen molar-refractivity contribution in [2.45, 2.75) is 19.8 Å². The topological polar surface area (TPSA) is 94.8 Å². The lowest BCUT2D eigenvalue weighted by Gasteiger charge is -2.06. The Labute approximate surface area is 102 Å². The van der Waals surface area contributed by atoms with Crippen LogP contribution in [0, 0.1) is 0 Å². The highest BCUT2D eigenvalue weighted by atomic mass is 16.2. The van der Waals surface area contributed by atoms with Crippen LogP contribution in [0.2, 0.25) is 0 Å². The summed E-state index contributed by atoms with van der Waals surface area (Å²) in [5.74, 6) is -0.157. The van der Waals surface area contributed by atoms with Gasteiger partial charge in [0.05, 0.1) is 16.6 Å². The van der Waals surface area contributed by atoms with E-state index >= 15 is 0 Å². The Balaban J connectivity index is 2.55. The molecule has 6 heteroatoms. The van der Waals surface area contributed by atoms with Gasteiger partial charge in [0.25, 0.3) is 5.56 Å². The predicted molar refractivity (Wildman–Crippen MR) is 68.7 cm³/mol. The van der Waals surface area contributed by atoms with Crippen molar-refractivity contribution < 1.29 is 4.79 Å². The minimum atomic E-state index is -0.565. The summed E-state index contributed by atoms with van der Waals surface area (Å²) in [5.41, 5.74) is -0.271. The summed E-state index contributed by atoms with van der Waals surface area (Å²) in [6.07, 6.45) is 1.11. The van der Waals surface area contributed by atoms with E-state index in [9.17, 15) is 14.4 Å². The smallest absolute Gasteiger partial charge is 0.325 e. The molecule has 0 aliphatic heterocycles. The van der Waals surface area contributed by atoms with Crippen LogP contribution < -0.4 is 16.6 Å². The molecule has 6 nitrogen and oxygen atoms in total. The molecule has 0 aliphatic carbocycles. The molecule has 1 aromatic heterocycles. The molecule has 3 N–H and O–H groups in total. The average molecular weight is 247 g/mol. The molecule has 0 fully saturated rings. The van der Waals surface area contributed by atoms with Crippen molar-refractivity contribution in [1.29, 1.82) is 0 Å². The molecular weight excluding hydrogens is 234 g/mol. The number of amides is 1. The van der Waals surface area contributed by atoms with Gasteiger partial charge in [-0.25, -0.2) is 4.79 Å². The van der Waals surface area contributed by atoms with Crippen molar-refractivity contribution in [1.82, 2.24) is 9.97 Å². The van der Waals surface area contributed by atoms with Gasteiger partial charge in [0.2, 0.25) is 5.91 Å². The van der Waals surface area contributed by atoms with Crippen LogP contribution >= 0.6 is 0 Å². The Bertz CT molecular complexity index is 700. The highest BCUT2D eigenvalue weighted by Crippen LogP contribution is 2.17. The first-order valence-corrected chi connectivity index (χ1v) is 5.67. The molecule has 0 unspecified atom stereocenters. The first-order valence-electron chi connectivity index (χ1n) is 5.67. The normalized spacial score (nSPS) is 10.5. The summed E-state index contributed by atoms with van der Waals surface area (Å²) in [5, 5.41) is 2.94. The second-order valence-electron chi connectivity index (χ2n) is 3.93. The van der Waals surface area contributed by atoms with Crippen LogP contribution in [0.3, 0.4) is 0 Å². The first-order chi connectivity index (χ1) is 8.61. The number of benzene rings is 1. The maximum Gasteiger partial charge on any atom is 0.326 e. The van der Waals surface area contributed by atoms with E-state index < -0.39 is 11.2 Å². The third-order valence-corrected chi connectivity index (χ3v) is 2.52. The van der Waals surface area contributed by atoms with Crippen molar-refractivity contribution in [2.75, 3.05) is 5.32 Å². The number of hydrogen-bond acceptors (Lipinski definition) is 3. The summed E-state index contributed by atoms with van der Waals surface area (Å²) in [4.78, 5) is 39.1. The van der Waals surface area contributed by atoms with Crippen molar-refractivity contribution in [3.05, 3.63) is 39.0 Å². The minimum Gasteiger partial charge on any atom is -0.325 e. The average Bonchev–Trinajstić information content (AvgIpc) is 2.28. The molecule has 1 aromatic carbocycles. The van der Waals surface area contributed by atoms with Crippen LogP contribution in [-0.2, 0) is 4.79 Å². The number of rotatable bonds is 3. The van der Waals surface area contributed by atoms with Crippen LogP contribution in [0.5, 0.6) is 0 Å². The van der Waals surface area contributed by atoms with E-state index in [0.29, 0.717) is 17.6 Å². The van der Waals surface area contributed by atoms with Crippen molar-refractivity contribution >= 4 is 22.5 Å². The molecule has 94 valence electrons. The molecule has 0 radical (unpaired) electrons. The highest BCUT2D eigenvalue weighted by Gasteiger charge is 2.08. The molecule has 0 atom stereocenters. The zero-order valence-corrected chi connectivity index (χ0v) is 9.87. The van der Waals surface area contributed by atoms with Crippen LogP contribution in [0.1, 0.15) is 19.8 Å². The standard InChI is InChI=1S/C12H13N3O3/c1-2-4-9(16)13-7-5-3-6-8-10(7)11(17)15-12(18)14-8/h3,5-6H,2,4H2,1H3,(H,13,16)(H2,14,15,17,18). The van der Waals surface area contributed by atoms with Gasteiger partial charge < -0.3 is 10.3 Å². The van der Waals surface area contributed by atoms with Gasteiger partial charge in [-0.1, -0.05) is 13.0 Å². The summed E-state index contributed by atoms with van der Waals surface area (Å²) < 4.78 is 0. The number of H-pyrrole nitrogens is 2. The maximum atomic E-state index is 11.7. The van der Waals surface area contributed by atoms with Crippen molar-refractivity contribution in [2.24, 2.45) is 0 Å². The first kappa shape index (κ1) is 12.1. The quantitative estimate of drug-likeness (QED) is 0.753. The molecule has 0 bridgehead atoms. The third kappa shape index (κ3) is 2.32. The van der Waals surface area contributed by atoms with Crippen LogP contribution in [0.15, 0.2) is 27.8 Å². The number of carbonyl (C=O) groups is 1. The predicted octanol–water partition coefficient (Wildman–Crippen LogP) is 0.955. The van der Waals surface area contributed by atoms with Crippen LogP contribution in [0.25, 0.3) is 10.9 Å². The number of aromatic amines is 2. The van der Waals surface area contributed by atoms with Gasteiger partial charge in [-0.2, -0.15) is 0 Å². The van der Waals surface area contributed by atoms with E-state index in [2.05, 4.69) is 15.3 Å². The van der Waals surface area contributed by atoms with Crippen molar-refractivity contribution in [3.63, 3.8) is 0 Å². The summed E-state index contributed by atoms with van der Waals surface area (Å²) >= 11 is 0. The Kier molecular flexibility index (Phi) is 3.27. The van der Waals surface area contributed by atoms with Gasteiger partial charge in [0, 0.05) is 6.42 Å². The summed E-state index contributed by atoms with van der Waals surface area (Å²) in [6.45, 7) is 1.90. The second kappa shape index (κ2) is 4.87. The summed E-state index contributed by atoms with van der Waals surface area (Å²) in [7, 11) is 0. The maximum absolute atomic E-state index is 11.7. The SMILES string of the molecule is CCCC(=O)Nc1cccc2[nH]c(=O)[nH]c(=O)c12. The van der Waals surface area contributed by atoms with Crippen molar-refractivity contribution in [3.8, 4) is 0 Å². The van der Waals surface area contributed by atoms with Gasteiger partial charge in [-0.15, -0.1) is 0 Å². The molecule has 1 heterocycles. The molecule has 0 saturated heterocycles. The lowest BCUT2D eigenvalue weighted by atomic mass is 10.2. The monoisotopic (exact) mass is 247 g/mol. The summed E-state index contributed by atoms with van der Waals surface area (Å²) in [6, 6.07) is 4.91. The van der Waals surface area contributed by atoms with E-state index in [1.807, 2.05) is 6.92 Å². The number of anilines is 1. The van der Waals surface area contributed by atoms with Gasteiger partial charge >= 0.3 is 5.69 Å². The fourth-order valence-electron chi connectivity index (χ4n) is 1.76. The molecule has 1 amide bonds. The third-order valence-electron chi connectivity index (χ3n) is 2.52. The van der Waals surface area contributed by atoms with Crippen LogP contribution in [0.4, 0.5) is 5.69 Å². The lowest BCUT2D eigenvalue weighted by Crippen LogP contribution is -2.23. The fourth-order valence-corrected chi connectivity index (χ4v) is 1.76. The number of hydrogen-bond donors (Lipinski definition) is 3. The molecular formula is C12H13N3O3. The van der Waals surface area contributed by atoms with Crippen LogP contribution in [-0.4, -0.2) is 15.9 Å². The number of fused-ring (bicyclic) bond motifs is 1. The molecule has 2 aromatic rings. The molecule has 0 spiro atoms. The second-order valence-corrected chi connectivity index (χ2v) is 3.93. The minimum absolute atomic E-state index is 0.157. The molecule has 0 aliphatic rings. The number of carbonyl (C=O) groups excluding carboxylic acids is 1. The Morgan fingerprint density at radius 1 is 1.28 bits per heavy atom. The van der Waals surface area contributed by atoms with Gasteiger partial charge in [-0.05, 0) is 18.6 Å². The van der Waals surface area contributed by atoms with Gasteiger partial charge in [0.1, 0.15) is 0 Å². The van der Waals surface area contributed by atoms with Gasteiger partial charge in [0.15, 0.2) is 0 Å². The molecule has 0 saturated carbocycles. The molecule has 2 rings (SSSR count). The highest BCUT2D eigenvalue weighted by molar-refractivity contribution is 6.00.